The number of aliphatic carboxylic acids is 2. The van der Waals surface area contributed by atoms with Crippen LogP contribution < -0.4 is 5.14 Å². The average Bonchev–Trinajstić information content (AvgIpc) is 3.19. The zero-order valence-corrected chi connectivity index (χ0v) is 18.2. The van der Waals surface area contributed by atoms with Crippen LogP contribution in [-0.4, -0.2) is 40.3 Å². The first-order chi connectivity index (χ1) is 15.7. The van der Waals surface area contributed by atoms with E-state index in [9.17, 15) is 31.2 Å². The summed E-state index contributed by atoms with van der Waals surface area (Å²) in [6, 6.07) is 13.1. The van der Waals surface area contributed by atoms with Gasteiger partial charge in [-0.1, -0.05) is 29.8 Å². The van der Waals surface area contributed by atoms with Crippen molar-refractivity contribution in [3.63, 3.8) is 0 Å². The summed E-state index contributed by atoms with van der Waals surface area (Å²) in [5.74, 6) is -2.51. The Labute approximate surface area is 191 Å². The summed E-state index contributed by atoms with van der Waals surface area (Å²) in [5.41, 5.74) is 0.996. The summed E-state index contributed by atoms with van der Waals surface area (Å²) in [7, 11) is -3.90. The van der Waals surface area contributed by atoms with Gasteiger partial charge in [-0.25, -0.2) is 27.8 Å². The van der Waals surface area contributed by atoms with E-state index in [0.29, 0.717) is 17.7 Å². The normalized spacial score (nSPS) is 11.7. The Morgan fingerprint density at radius 2 is 1.47 bits per heavy atom. The van der Waals surface area contributed by atoms with E-state index in [1.165, 1.54) is 24.3 Å². The van der Waals surface area contributed by atoms with Gasteiger partial charge < -0.3 is 10.2 Å². The van der Waals surface area contributed by atoms with Crippen molar-refractivity contribution in [2.24, 2.45) is 5.14 Å². The Morgan fingerprint density at radius 3 is 1.88 bits per heavy atom. The van der Waals surface area contributed by atoms with Gasteiger partial charge in [0.1, 0.15) is 0 Å². The van der Waals surface area contributed by atoms with Crippen LogP contribution in [0, 0.1) is 6.92 Å². The number of benzene rings is 2. The maximum Gasteiger partial charge on any atom is 0.435 e. The number of aromatic nitrogens is 2. The van der Waals surface area contributed by atoms with Crippen molar-refractivity contribution in [2.75, 3.05) is 0 Å². The number of halogens is 3. The van der Waals surface area contributed by atoms with Gasteiger partial charge in [0.05, 0.1) is 16.3 Å². The molecule has 3 rings (SSSR count). The van der Waals surface area contributed by atoms with Crippen LogP contribution >= 0.6 is 0 Å². The second-order valence-electron chi connectivity index (χ2n) is 6.74. The third-order valence-electron chi connectivity index (χ3n) is 4.13. The van der Waals surface area contributed by atoms with Gasteiger partial charge in [0.15, 0.2) is 5.69 Å². The smallest absolute Gasteiger partial charge is 0.435 e. The second kappa shape index (κ2) is 10.3. The quantitative estimate of drug-likeness (QED) is 0.458. The van der Waals surface area contributed by atoms with Gasteiger partial charge in [-0.3, -0.25) is 0 Å². The maximum absolute atomic E-state index is 13.1. The number of carboxylic acid groups (broad SMARTS) is 2. The number of carbonyl (C=O) groups is 2. The molecule has 0 fully saturated rings. The van der Waals surface area contributed by atoms with Crippen molar-refractivity contribution in [2.45, 2.75) is 18.0 Å². The van der Waals surface area contributed by atoms with Crippen molar-refractivity contribution >= 4 is 22.0 Å². The standard InChI is InChI=1S/C17H14F3N3O2S.C4H4O4/c1-11-2-4-12(5-3-11)15-10-16(17(18,19)20)22-23(15)13-6-8-14(9-7-13)26(21,24)25;5-3(6)1-2-4(7)8/h2-10H,1H3,(H2,21,24,25);1-2H,(H,5,6)(H,7,8)/b;2-1+. The number of nitrogens with zero attached hydrogens (tertiary/aromatic N) is 2. The molecule has 0 saturated heterocycles. The van der Waals surface area contributed by atoms with E-state index < -0.39 is 33.8 Å². The number of aryl methyl sites for hydroxylation is 1. The maximum atomic E-state index is 13.1. The van der Waals surface area contributed by atoms with Gasteiger partial charge >= 0.3 is 18.1 Å². The highest BCUT2D eigenvalue weighted by molar-refractivity contribution is 7.89. The number of alkyl halides is 3. The van der Waals surface area contributed by atoms with Crippen LogP contribution in [0.4, 0.5) is 13.2 Å². The lowest BCUT2D eigenvalue weighted by atomic mass is 10.1. The molecular formula is C21H18F3N3O6S. The highest BCUT2D eigenvalue weighted by atomic mass is 32.2. The van der Waals surface area contributed by atoms with E-state index in [1.807, 2.05) is 6.92 Å². The molecule has 0 radical (unpaired) electrons. The third kappa shape index (κ3) is 7.28. The largest absolute Gasteiger partial charge is 0.478 e. The van der Waals surface area contributed by atoms with Crippen LogP contribution in [0.3, 0.4) is 0 Å². The Morgan fingerprint density at radius 1 is 0.971 bits per heavy atom. The Kier molecular flexibility index (Phi) is 7.97. The number of hydrogen-bond donors (Lipinski definition) is 3. The monoisotopic (exact) mass is 497 g/mol. The lowest BCUT2D eigenvalue weighted by Gasteiger charge is -2.09. The Hall–Kier alpha value is -3.97. The third-order valence-corrected chi connectivity index (χ3v) is 5.05. The van der Waals surface area contributed by atoms with Gasteiger partial charge in [-0.2, -0.15) is 18.3 Å². The molecule has 9 nitrogen and oxygen atoms in total. The molecule has 0 spiro atoms. The SMILES string of the molecule is Cc1ccc(-c2cc(C(F)(F)F)nn2-c2ccc(S(N)(=O)=O)cc2)cc1.O=C(O)/C=C/C(=O)O. The number of sulfonamides is 1. The molecule has 1 heterocycles. The predicted octanol–water partition coefficient (Wildman–Crippen LogP) is 3.23. The van der Waals surface area contributed by atoms with Gasteiger partial charge in [0.2, 0.25) is 10.0 Å². The van der Waals surface area contributed by atoms with Crippen LogP contribution in [-0.2, 0) is 25.8 Å². The van der Waals surface area contributed by atoms with Crippen molar-refractivity contribution < 1.29 is 41.4 Å². The van der Waals surface area contributed by atoms with Crippen LogP contribution in [0.15, 0.2) is 71.6 Å². The Balaban J connectivity index is 0.000000440. The first-order valence-electron chi connectivity index (χ1n) is 9.20. The molecule has 13 heteroatoms. The number of primary sulfonamides is 1. The van der Waals surface area contributed by atoms with E-state index in [-0.39, 0.29) is 16.3 Å². The second-order valence-corrected chi connectivity index (χ2v) is 8.30. The van der Waals surface area contributed by atoms with Gasteiger partial charge in [0.25, 0.3) is 0 Å². The molecular weight excluding hydrogens is 479 g/mol. The first-order valence-corrected chi connectivity index (χ1v) is 10.7. The molecule has 0 atom stereocenters. The topological polar surface area (TPSA) is 153 Å². The van der Waals surface area contributed by atoms with Gasteiger partial charge in [0, 0.05) is 17.7 Å². The highest BCUT2D eigenvalue weighted by Crippen LogP contribution is 2.33. The predicted molar refractivity (Wildman–Crippen MR) is 115 cm³/mol. The molecule has 0 aliphatic carbocycles. The zero-order valence-electron chi connectivity index (χ0n) is 17.4. The van der Waals surface area contributed by atoms with Crippen LogP contribution in [0.25, 0.3) is 16.9 Å². The van der Waals surface area contributed by atoms with Gasteiger partial charge in [-0.15, -0.1) is 0 Å². The fourth-order valence-electron chi connectivity index (χ4n) is 2.57. The minimum Gasteiger partial charge on any atom is -0.478 e. The molecule has 0 amide bonds. The summed E-state index contributed by atoms with van der Waals surface area (Å²) < 4.78 is 63.2. The average molecular weight is 497 g/mol. The van der Waals surface area contributed by atoms with Crippen LogP contribution in [0.5, 0.6) is 0 Å². The summed E-state index contributed by atoms with van der Waals surface area (Å²) in [6.07, 6.45) is -3.49. The molecule has 0 aliphatic rings. The van der Waals surface area contributed by atoms with E-state index in [2.05, 4.69) is 5.10 Å². The first kappa shape index (κ1) is 26.3. The Bertz CT molecular complexity index is 1300. The van der Waals surface area contributed by atoms with E-state index in [4.69, 9.17) is 15.4 Å². The van der Waals surface area contributed by atoms with Crippen molar-refractivity contribution in [3.05, 3.63) is 78.0 Å². The molecule has 1 aromatic heterocycles. The minimum atomic E-state index is -4.61. The van der Waals surface area contributed by atoms with Crippen LogP contribution in [0.2, 0.25) is 0 Å². The molecule has 2 aromatic carbocycles. The van der Waals surface area contributed by atoms with Crippen molar-refractivity contribution in [1.82, 2.24) is 9.78 Å². The van der Waals surface area contributed by atoms with E-state index in [0.717, 1.165) is 16.3 Å². The summed E-state index contributed by atoms with van der Waals surface area (Å²) >= 11 is 0. The minimum absolute atomic E-state index is 0.138. The van der Waals surface area contributed by atoms with Crippen molar-refractivity contribution in [3.8, 4) is 16.9 Å². The number of rotatable bonds is 5. The molecule has 0 aliphatic heterocycles. The molecule has 34 heavy (non-hydrogen) atoms. The fourth-order valence-corrected chi connectivity index (χ4v) is 3.08. The summed E-state index contributed by atoms with van der Waals surface area (Å²) in [6.45, 7) is 1.87. The fraction of sp³-hybridized carbons (Fsp3) is 0.0952. The number of hydrogen-bond acceptors (Lipinski definition) is 5. The lowest BCUT2D eigenvalue weighted by Crippen LogP contribution is -2.12. The van der Waals surface area contributed by atoms with E-state index >= 15 is 0 Å². The van der Waals surface area contributed by atoms with E-state index in [1.54, 1.807) is 24.3 Å². The van der Waals surface area contributed by atoms with Crippen molar-refractivity contribution in [1.29, 1.82) is 0 Å². The molecule has 180 valence electrons. The number of nitrogens with two attached hydrogens (primary N) is 1. The molecule has 3 aromatic rings. The summed E-state index contributed by atoms with van der Waals surface area (Å²) in [4.78, 5) is 19.0. The molecule has 0 bridgehead atoms. The molecule has 4 N–H and O–H groups in total. The zero-order chi connectivity index (χ0) is 25.7. The molecule has 0 saturated carbocycles. The number of carboxylic acids is 2. The highest BCUT2D eigenvalue weighted by Gasteiger charge is 2.35. The van der Waals surface area contributed by atoms with Gasteiger partial charge in [-0.05, 0) is 37.3 Å². The lowest BCUT2D eigenvalue weighted by molar-refractivity contribution is -0.141. The molecule has 0 unspecified atom stereocenters. The summed E-state index contributed by atoms with van der Waals surface area (Å²) in [5, 5.41) is 24.3. The van der Waals surface area contributed by atoms with Crippen LogP contribution in [0.1, 0.15) is 11.3 Å².